The molecule has 4 N–H and O–H groups in total. The first-order chi connectivity index (χ1) is 13.9. The zero-order valence-electron chi connectivity index (χ0n) is 16.5. The summed E-state index contributed by atoms with van der Waals surface area (Å²) in [7, 11) is 0. The van der Waals surface area contributed by atoms with Gasteiger partial charge in [-0.15, -0.1) is 0 Å². The number of aliphatic hydroxyl groups excluding tert-OH is 1. The monoisotopic (exact) mass is 397 g/mol. The highest BCUT2D eigenvalue weighted by Gasteiger charge is 2.29. The van der Waals surface area contributed by atoms with Crippen LogP contribution in [0.1, 0.15) is 43.2 Å². The van der Waals surface area contributed by atoms with E-state index >= 15 is 0 Å². The molecule has 29 heavy (non-hydrogen) atoms. The van der Waals surface area contributed by atoms with E-state index < -0.39 is 24.5 Å². The van der Waals surface area contributed by atoms with Crippen LogP contribution < -0.4 is 5.73 Å². The maximum absolute atomic E-state index is 12.3. The van der Waals surface area contributed by atoms with Crippen LogP contribution in [0.2, 0.25) is 0 Å². The van der Waals surface area contributed by atoms with Gasteiger partial charge in [0, 0.05) is 18.4 Å². The lowest BCUT2D eigenvalue weighted by molar-refractivity contribution is -0.145. The molecular weight excluding hydrogens is 370 g/mol. The number of hydrogen-bond acceptors (Lipinski definition) is 5. The Morgan fingerprint density at radius 2 is 1.59 bits per heavy atom. The van der Waals surface area contributed by atoms with Crippen LogP contribution in [-0.4, -0.2) is 40.9 Å². The fourth-order valence-electron chi connectivity index (χ4n) is 3.99. The fourth-order valence-corrected chi connectivity index (χ4v) is 3.99. The molecule has 154 valence electrons. The molecule has 1 aliphatic carbocycles. The Kier molecular flexibility index (Phi) is 6.67. The number of aliphatic hydroxyl groups is 1. The molecule has 0 spiro atoms. The number of carboxylic acid groups (broad SMARTS) is 1. The third-order valence-electron chi connectivity index (χ3n) is 5.44. The van der Waals surface area contributed by atoms with Crippen LogP contribution in [0.3, 0.4) is 0 Å². The van der Waals surface area contributed by atoms with Gasteiger partial charge >= 0.3 is 11.9 Å². The van der Waals surface area contributed by atoms with Crippen molar-refractivity contribution in [3.63, 3.8) is 0 Å². The van der Waals surface area contributed by atoms with Crippen molar-refractivity contribution in [2.24, 2.45) is 11.7 Å². The first-order valence-electron chi connectivity index (χ1n) is 9.86. The number of carbonyl (C=O) groups is 2. The summed E-state index contributed by atoms with van der Waals surface area (Å²) in [6, 6.07) is 15.6. The molecule has 0 saturated heterocycles. The molecule has 3 rings (SSSR count). The Labute approximate surface area is 170 Å². The van der Waals surface area contributed by atoms with Gasteiger partial charge in [-0.2, -0.15) is 0 Å². The van der Waals surface area contributed by atoms with Crippen molar-refractivity contribution in [1.29, 1.82) is 0 Å². The van der Waals surface area contributed by atoms with Gasteiger partial charge in [0.15, 0.2) is 0 Å². The molecular formula is C23H27NO5. The van der Waals surface area contributed by atoms with Gasteiger partial charge in [0.2, 0.25) is 0 Å². The van der Waals surface area contributed by atoms with E-state index in [9.17, 15) is 14.7 Å². The summed E-state index contributed by atoms with van der Waals surface area (Å²) in [6.45, 7) is 2.11. The Balaban J connectivity index is 1.55. The third kappa shape index (κ3) is 5.02. The zero-order chi connectivity index (χ0) is 21.0. The van der Waals surface area contributed by atoms with E-state index in [4.69, 9.17) is 15.6 Å². The molecule has 0 heterocycles. The summed E-state index contributed by atoms with van der Waals surface area (Å²) < 4.78 is 5.58. The number of hydrogen-bond donors (Lipinski definition) is 3. The molecule has 3 atom stereocenters. The number of ether oxygens (including phenoxy) is 1. The second kappa shape index (κ2) is 9.20. The molecule has 6 heteroatoms. The largest absolute Gasteiger partial charge is 0.481 e. The van der Waals surface area contributed by atoms with Gasteiger partial charge in [-0.25, -0.2) is 0 Å². The molecule has 6 nitrogen and oxygen atoms in total. The summed E-state index contributed by atoms with van der Waals surface area (Å²) in [5.74, 6) is -1.53. The minimum Gasteiger partial charge on any atom is -0.481 e. The molecule has 0 fully saturated rings. The second-order valence-corrected chi connectivity index (χ2v) is 7.78. The van der Waals surface area contributed by atoms with Crippen molar-refractivity contribution in [2.45, 2.75) is 44.2 Å². The van der Waals surface area contributed by atoms with Crippen molar-refractivity contribution < 1.29 is 24.5 Å². The topological polar surface area (TPSA) is 110 Å². The van der Waals surface area contributed by atoms with Crippen molar-refractivity contribution in [1.82, 2.24) is 0 Å². The predicted octanol–water partition coefficient (Wildman–Crippen LogP) is 2.92. The summed E-state index contributed by atoms with van der Waals surface area (Å²) in [4.78, 5) is 23.0. The molecule has 0 bridgehead atoms. The van der Waals surface area contributed by atoms with E-state index in [2.05, 4.69) is 24.3 Å². The molecule has 0 saturated carbocycles. The number of rotatable bonds is 9. The van der Waals surface area contributed by atoms with Crippen LogP contribution in [0.4, 0.5) is 0 Å². The lowest BCUT2D eigenvalue weighted by Crippen LogP contribution is -2.37. The zero-order valence-corrected chi connectivity index (χ0v) is 16.5. The van der Waals surface area contributed by atoms with Gasteiger partial charge in [0.1, 0.15) is 6.61 Å². The normalized spacial score (nSPS) is 15.8. The predicted molar refractivity (Wildman–Crippen MR) is 109 cm³/mol. The number of carboxylic acids is 1. The highest BCUT2D eigenvalue weighted by atomic mass is 16.5. The first kappa shape index (κ1) is 21.0. The van der Waals surface area contributed by atoms with E-state index in [1.54, 1.807) is 0 Å². The Hall–Kier alpha value is -2.70. The smallest absolute Gasteiger partial charge is 0.306 e. The Morgan fingerprint density at radius 3 is 2.14 bits per heavy atom. The van der Waals surface area contributed by atoms with Crippen LogP contribution in [0.15, 0.2) is 48.5 Å². The second-order valence-electron chi connectivity index (χ2n) is 7.78. The minimum atomic E-state index is -1.13. The van der Waals surface area contributed by atoms with E-state index in [1.165, 1.54) is 11.1 Å². The van der Waals surface area contributed by atoms with Gasteiger partial charge in [-0.1, -0.05) is 55.5 Å². The third-order valence-corrected chi connectivity index (χ3v) is 5.44. The Bertz CT molecular complexity index is 836. The summed E-state index contributed by atoms with van der Waals surface area (Å²) >= 11 is 0. The van der Waals surface area contributed by atoms with Crippen LogP contribution >= 0.6 is 0 Å². The lowest BCUT2D eigenvalue weighted by Gasteiger charge is -2.21. The number of carbonyl (C=O) groups excluding carboxylic acids is 1. The van der Waals surface area contributed by atoms with Crippen LogP contribution in [-0.2, 0) is 14.3 Å². The highest BCUT2D eigenvalue weighted by molar-refractivity contribution is 5.79. The molecule has 0 radical (unpaired) electrons. The fraction of sp³-hybridized carbons (Fsp3) is 0.391. The average Bonchev–Trinajstić information content (AvgIpc) is 2.99. The number of benzene rings is 2. The van der Waals surface area contributed by atoms with Crippen molar-refractivity contribution >= 4 is 11.9 Å². The van der Waals surface area contributed by atoms with Gasteiger partial charge in [0.05, 0.1) is 12.5 Å². The van der Waals surface area contributed by atoms with Gasteiger partial charge in [-0.3, -0.25) is 9.59 Å². The average molecular weight is 397 g/mol. The van der Waals surface area contributed by atoms with Gasteiger partial charge < -0.3 is 20.7 Å². The van der Waals surface area contributed by atoms with Crippen molar-refractivity contribution in [3.8, 4) is 11.1 Å². The number of aliphatic carboxylic acids is 1. The molecule has 2 aromatic carbocycles. The SMILES string of the molecule is C[C@@H](CC(=O)OCC1c2ccccc2-c2ccccc21)C[C@H](N)[C@@H](O)CC(=O)O. The number of fused-ring (bicyclic) bond motifs is 3. The quantitative estimate of drug-likeness (QED) is 0.561. The number of esters is 1. The van der Waals surface area contributed by atoms with Gasteiger partial charge in [0.25, 0.3) is 0 Å². The number of nitrogens with two attached hydrogens (primary N) is 1. The molecule has 1 aliphatic rings. The Morgan fingerprint density at radius 1 is 1.03 bits per heavy atom. The lowest BCUT2D eigenvalue weighted by atomic mass is 9.94. The molecule has 0 aliphatic heterocycles. The van der Waals surface area contributed by atoms with Crippen molar-refractivity contribution in [2.75, 3.05) is 6.61 Å². The maximum Gasteiger partial charge on any atom is 0.306 e. The molecule has 0 amide bonds. The van der Waals surface area contributed by atoms with E-state index in [0.717, 1.165) is 11.1 Å². The standard InChI is InChI=1S/C23H27NO5/c1-14(10-20(24)21(25)12-22(26)27)11-23(28)29-13-19-17-8-4-2-6-15(17)16-7-3-5-9-18(16)19/h2-9,14,19-21,25H,10-13,24H2,1H3,(H,26,27)/t14-,20+,21+/m1/s1. The van der Waals surface area contributed by atoms with Crippen molar-refractivity contribution in [3.05, 3.63) is 59.7 Å². The highest BCUT2D eigenvalue weighted by Crippen LogP contribution is 2.44. The van der Waals surface area contributed by atoms with E-state index in [1.807, 2.05) is 31.2 Å². The van der Waals surface area contributed by atoms with Crippen LogP contribution in [0.5, 0.6) is 0 Å². The summed E-state index contributed by atoms with van der Waals surface area (Å²) in [5.41, 5.74) is 10.5. The molecule has 0 unspecified atom stereocenters. The van der Waals surface area contributed by atoms with Crippen LogP contribution in [0, 0.1) is 5.92 Å². The molecule has 0 aromatic heterocycles. The van der Waals surface area contributed by atoms with E-state index in [-0.39, 0.29) is 30.8 Å². The van der Waals surface area contributed by atoms with Crippen LogP contribution in [0.25, 0.3) is 11.1 Å². The molecule has 2 aromatic rings. The van der Waals surface area contributed by atoms with Gasteiger partial charge in [-0.05, 0) is 34.6 Å². The maximum atomic E-state index is 12.3. The van der Waals surface area contributed by atoms with E-state index in [0.29, 0.717) is 6.42 Å². The minimum absolute atomic E-state index is 0.0151. The first-order valence-corrected chi connectivity index (χ1v) is 9.86. The summed E-state index contributed by atoms with van der Waals surface area (Å²) in [6.07, 6.45) is -1.02. The summed E-state index contributed by atoms with van der Waals surface area (Å²) in [5, 5.41) is 18.5.